The molecule has 1 atom stereocenters. The van der Waals surface area contributed by atoms with Gasteiger partial charge in [-0.15, -0.1) is 0 Å². The first-order valence-electron chi connectivity index (χ1n) is 9.72. The molecule has 2 aromatic carbocycles. The predicted octanol–water partition coefficient (Wildman–Crippen LogP) is 4.55. The number of ether oxygens (including phenoxy) is 2. The molecule has 1 aliphatic rings. The molecule has 0 spiro atoms. The molecule has 3 rings (SSSR count). The van der Waals surface area contributed by atoms with E-state index in [9.17, 15) is 9.59 Å². The molecule has 0 saturated carbocycles. The maximum absolute atomic E-state index is 13.0. The summed E-state index contributed by atoms with van der Waals surface area (Å²) in [4.78, 5) is 27.1. The van der Waals surface area contributed by atoms with Crippen molar-refractivity contribution >= 4 is 23.6 Å². The molecule has 6 nitrogen and oxygen atoms in total. The van der Waals surface area contributed by atoms with Crippen LogP contribution in [0.25, 0.3) is 0 Å². The normalized spacial score (nSPS) is 16.4. The van der Waals surface area contributed by atoms with Gasteiger partial charge >= 0.3 is 12.0 Å². The molecule has 1 aliphatic heterocycles. The fraction of sp³-hybridized carbons (Fsp3) is 0.304. The summed E-state index contributed by atoms with van der Waals surface area (Å²) < 4.78 is 11.2. The number of benzene rings is 2. The highest BCUT2D eigenvalue weighted by Crippen LogP contribution is 2.34. The fourth-order valence-corrected chi connectivity index (χ4v) is 3.58. The number of carbonyl (C=O) groups is 2. The van der Waals surface area contributed by atoms with E-state index in [1.165, 1.54) is 4.90 Å². The summed E-state index contributed by atoms with van der Waals surface area (Å²) in [5.41, 5.74) is 3.61. The summed E-state index contributed by atoms with van der Waals surface area (Å²) in [7, 11) is 1.60. The fourth-order valence-electron chi connectivity index (χ4n) is 3.39. The number of nitrogens with one attached hydrogen (secondary N) is 1. The molecule has 0 radical (unpaired) electrons. The number of esters is 1. The summed E-state index contributed by atoms with van der Waals surface area (Å²) in [5, 5.41) is 3.37. The molecule has 0 saturated heterocycles. The van der Waals surface area contributed by atoms with Crippen LogP contribution in [-0.2, 0) is 9.53 Å². The molecule has 1 N–H and O–H groups in total. The topological polar surface area (TPSA) is 67.9 Å². The van der Waals surface area contributed by atoms with Gasteiger partial charge in [0.2, 0.25) is 0 Å². The molecule has 0 aromatic heterocycles. The minimum absolute atomic E-state index is 0.0107. The Morgan fingerprint density at radius 2 is 1.93 bits per heavy atom. The molecule has 1 heterocycles. The lowest BCUT2D eigenvalue weighted by molar-refractivity contribution is -0.139. The van der Waals surface area contributed by atoms with Gasteiger partial charge in [0.15, 0.2) is 0 Å². The van der Waals surface area contributed by atoms with Crippen LogP contribution >= 0.6 is 11.6 Å². The number of hydrogen-bond donors (Lipinski definition) is 1. The molecular formula is C23H25ClN2O4. The molecule has 0 bridgehead atoms. The van der Waals surface area contributed by atoms with Crippen molar-refractivity contribution in [3.8, 4) is 5.75 Å². The molecule has 0 fully saturated rings. The zero-order chi connectivity index (χ0) is 21.8. The quantitative estimate of drug-likeness (QED) is 0.685. The van der Waals surface area contributed by atoms with Gasteiger partial charge in [-0.25, -0.2) is 9.59 Å². The van der Waals surface area contributed by atoms with Gasteiger partial charge in [-0.1, -0.05) is 47.5 Å². The van der Waals surface area contributed by atoms with Crippen LogP contribution in [0, 0.1) is 13.8 Å². The Kier molecular flexibility index (Phi) is 6.67. The number of amides is 2. The van der Waals surface area contributed by atoms with Crippen molar-refractivity contribution in [2.24, 2.45) is 0 Å². The maximum Gasteiger partial charge on any atom is 0.338 e. The second-order valence-electron chi connectivity index (χ2n) is 7.10. The average molecular weight is 429 g/mol. The van der Waals surface area contributed by atoms with Gasteiger partial charge in [0.1, 0.15) is 12.4 Å². The Labute approximate surface area is 181 Å². The van der Waals surface area contributed by atoms with Crippen LogP contribution in [0.1, 0.15) is 29.7 Å². The highest BCUT2D eigenvalue weighted by atomic mass is 35.5. The molecule has 30 heavy (non-hydrogen) atoms. The number of hydrogen-bond acceptors (Lipinski definition) is 4. The van der Waals surface area contributed by atoms with Crippen molar-refractivity contribution in [3.63, 3.8) is 0 Å². The minimum atomic E-state index is -0.641. The number of para-hydroxylation sites is 1. The lowest BCUT2D eigenvalue weighted by Gasteiger charge is -2.35. The Balaban J connectivity index is 2.09. The van der Waals surface area contributed by atoms with E-state index in [1.54, 1.807) is 38.2 Å². The molecule has 2 amide bonds. The Hall–Kier alpha value is -2.99. The summed E-state index contributed by atoms with van der Waals surface area (Å²) in [6.07, 6.45) is 0. The van der Waals surface area contributed by atoms with Crippen LogP contribution in [0.3, 0.4) is 0 Å². The number of nitrogens with zero attached hydrogens (tertiary/aromatic N) is 1. The van der Waals surface area contributed by atoms with Crippen molar-refractivity contribution in [2.75, 3.05) is 20.3 Å². The Morgan fingerprint density at radius 1 is 1.20 bits per heavy atom. The van der Waals surface area contributed by atoms with E-state index in [-0.39, 0.29) is 19.2 Å². The van der Waals surface area contributed by atoms with Gasteiger partial charge in [0, 0.05) is 7.05 Å². The smallest absolute Gasteiger partial charge is 0.338 e. The van der Waals surface area contributed by atoms with E-state index in [0.29, 0.717) is 22.0 Å². The van der Waals surface area contributed by atoms with Gasteiger partial charge in [0.05, 0.1) is 28.9 Å². The van der Waals surface area contributed by atoms with Gasteiger partial charge in [-0.05, 0) is 44.0 Å². The number of aryl methyl sites for hydroxylation is 2. The third kappa shape index (κ3) is 4.44. The first kappa shape index (κ1) is 21.7. The summed E-state index contributed by atoms with van der Waals surface area (Å²) in [6, 6.07) is 12.0. The van der Waals surface area contributed by atoms with Crippen LogP contribution in [-0.4, -0.2) is 37.2 Å². The van der Waals surface area contributed by atoms with Crippen molar-refractivity contribution in [3.05, 3.63) is 75.4 Å². The number of rotatable bonds is 6. The molecule has 0 unspecified atom stereocenters. The van der Waals surface area contributed by atoms with Crippen molar-refractivity contribution in [2.45, 2.75) is 26.8 Å². The van der Waals surface area contributed by atoms with Crippen LogP contribution in [0.2, 0.25) is 5.02 Å². The number of halogens is 1. The Morgan fingerprint density at radius 3 is 2.63 bits per heavy atom. The summed E-state index contributed by atoms with van der Waals surface area (Å²) in [6.45, 7) is 5.87. The average Bonchev–Trinajstić information content (AvgIpc) is 2.71. The molecule has 7 heteroatoms. The van der Waals surface area contributed by atoms with Gasteiger partial charge < -0.3 is 14.8 Å². The SMILES string of the molecule is CCOC(=O)C1=C(COc2ccccc2Cl)N(C)C(=O)N[C@H]1c1cc(C)ccc1C. The third-order valence-electron chi connectivity index (χ3n) is 5.02. The molecule has 2 aromatic rings. The number of likely N-dealkylation sites (N-methyl/N-ethyl adjacent to an activating group) is 1. The minimum Gasteiger partial charge on any atom is -0.486 e. The van der Waals surface area contributed by atoms with E-state index < -0.39 is 12.0 Å². The van der Waals surface area contributed by atoms with Gasteiger partial charge in [-0.2, -0.15) is 0 Å². The first-order chi connectivity index (χ1) is 14.3. The highest BCUT2D eigenvalue weighted by Gasteiger charge is 2.37. The summed E-state index contributed by atoms with van der Waals surface area (Å²) in [5.74, 6) is -0.0226. The van der Waals surface area contributed by atoms with Gasteiger partial charge in [-0.3, -0.25) is 4.90 Å². The monoisotopic (exact) mass is 428 g/mol. The zero-order valence-corrected chi connectivity index (χ0v) is 18.2. The number of urea groups is 1. The lowest BCUT2D eigenvalue weighted by atomic mass is 9.90. The van der Waals surface area contributed by atoms with Crippen LogP contribution in [0.15, 0.2) is 53.7 Å². The van der Waals surface area contributed by atoms with Gasteiger partial charge in [0.25, 0.3) is 0 Å². The molecule has 0 aliphatic carbocycles. The van der Waals surface area contributed by atoms with E-state index in [1.807, 2.05) is 32.0 Å². The van der Waals surface area contributed by atoms with E-state index in [4.69, 9.17) is 21.1 Å². The highest BCUT2D eigenvalue weighted by molar-refractivity contribution is 6.32. The zero-order valence-electron chi connectivity index (χ0n) is 17.5. The van der Waals surface area contributed by atoms with Crippen molar-refractivity contribution < 1.29 is 19.1 Å². The second-order valence-corrected chi connectivity index (χ2v) is 7.51. The van der Waals surface area contributed by atoms with Crippen LogP contribution < -0.4 is 10.1 Å². The molecule has 158 valence electrons. The molecular weight excluding hydrogens is 404 g/mol. The number of carbonyl (C=O) groups excluding carboxylic acids is 2. The third-order valence-corrected chi connectivity index (χ3v) is 5.33. The maximum atomic E-state index is 13.0. The van der Waals surface area contributed by atoms with E-state index >= 15 is 0 Å². The predicted molar refractivity (Wildman–Crippen MR) is 116 cm³/mol. The Bertz CT molecular complexity index is 1000. The van der Waals surface area contributed by atoms with E-state index in [2.05, 4.69) is 5.32 Å². The van der Waals surface area contributed by atoms with Crippen molar-refractivity contribution in [1.82, 2.24) is 10.2 Å². The van der Waals surface area contributed by atoms with Crippen LogP contribution in [0.4, 0.5) is 4.79 Å². The standard InChI is InChI=1S/C23H25ClN2O4/c1-5-29-22(27)20-18(13-30-19-9-7-6-8-17(19)24)26(4)23(28)25-21(20)16-12-14(2)10-11-15(16)3/h6-12,21H,5,13H2,1-4H3,(H,25,28)/t21-/m0/s1. The van der Waals surface area contributed by atoms with Crippen molar-refractivity contribution in [1.29, 1.82) is 0 Å². The van der Waals surface area contributed by atoms with Crippen LogP contribution in [0.5, 0.6) is 5.75 Å². The summed E-state index contributed by atoms with van der Waals surface area (Å²) >= 11 is 6.19. The lowest BCUT2D eigenvalue weighted by Crippen LogP contribution is -2.48. The first-order valence-corrected chi connectivity index (χ1v) is 10.1. The van der Waals surface area contributed by atoms with E-state index in [0.717, 1.165) is 16.7 Å². The largest absolute Gasteiger partial charge is 0.486 e. The second kappa shape index (κ2) is 9.22.